The Bertz CT molecular complexity index is 1080. The zero-order valence-electron chi connectivity index (χ0n) is 15.1. The predicted octanol–water partition coefficient (Wildman–Crippen LogP) is 2.72. The number of nitrogens with zero attached hydrogens (tertiary/aromatic N) is 3. The molecule has 0 N–H and O–H groups in total. The summed E-state index contributed by atoms with van der Waals surface area (Å²) in [5.74, 6) is -0.928. The van der Waals surface area contributed by atoms with Crippen LogP contribution in [-0.4, -0.2) is 28.7 Å². The van der Waals surface area contributed by atoms with Crippen molar-refractivity contribution in [1.29, 1.82) is 5.26 Å². The van der Waals surface area contributed by atoms with Gasteiger partial charge in [-0.15, -0.1) is 0 Å². The average Bonchev–Trinajstić information content (AvgIpc) is 3.48. The number of amides is 3. The molecule has 1 unspecified atom stereocenters. The molecule has 144 valence electrons. The molecule has 0 saturated carbocycles. The fraction of sp³-hybridized carbons (Fsp3) is 0.143. The van der Waals surface area contributed by atoms with Crippen molar-refractivity contribution in [2.24, 2.45) is 0 Å². The highest BCUT2D eigenvalue weighted by Crippen LogP contribution is 2.28. The van der Waals surface area contributed by atoms with Crippen LogP contribution < -0.4 is 4.90 Å². The second-order valence-corrected chi connectivity index (χ2v) is 6.44. The van der Waals surface area contributed by atoms with E-state index in [1.54, 1.807) is 18.2 Å². The topological polar surface area (TPSA) is 108 Å². The molecule has 0 spiro atoms. The molecule has 1 aliphatic rings. The highest BCUT2D eigenvalue weighted by Gasteiger charge is 2.45. The SMILES string of the molecule is N#Cc1ccc(N2C(=O)CC(N(Cc3ccco3)C(=O)c3ccco3)C2=O)cc1. The lowest BCUT2D eigenvalue weighted by molar-refractivity contribution is -0.122. The summed E-state index contributed by atoms with van der Waals surface area (Å²) in [6.07, 6.45) is 2.67. The lowest BCUT2D eigenvalue weighted by atomic mass is 10.1. The minimum Gasteiger partial charge on any atom is -0.467 e. The molecule has 3 heterocycles. The van der Waals surface area contributed by atoms with Crippen molar-refractivity contribution in [3.05, 3.63) is 78.1 Å². The highest BCUT2D eigenvalue weighted by atomic mass is 16.3. The van der Waals surface area contributed by atoms with Gasteiger partial charge in [-0.3, -0.25) is 14.4 Å². The van der Waals surface area contributed by atoms with Crippen molar-refractivity contribution in [3.63, 3.8) is 0 Å². The van der Waals surface area contributed by atoms with Crippen molar-refractivity contribution >= 4 is 23.4 Å². The molecule has 0 aliphatic carbocycles. The van der Waals surface area contributed by atoms with Gasteiger partial charge in [-0.25, -0.2) is 4.90 Å². The molecule has 4 rings (SSSR count). The van der Waals surface area contributed by atoms with E-state index in [0.717, 1.165) is 4.90 Å². The molecule has 29 heavy (non-hydrogen) atoms. The first-order chi connectivity index (χ1) is 14.1. The van der Waals surface area contributed by atoms with Gasteiger partial charge in [0.25, 0.3) is 11.8 Å². The van der Waals surface area contributed by atoms with Gasteiger partial charge in [0.05, 0.1) is 42.8 Å². The number of furan rings is 2. The summed E-state index contributed by atoms with van der Waals surface area (Å²) in [6.45, 7) is 0.0113. The number of hydrogen-bond donors (Lipinski definition) is 0. The molecular weight excluding hydrogens is 374 g/mol. The summed E-state index contributed by atoms with van der Waals surface area (Å²) in [7, 11) is 0. The van der Waals surface area contributed by atoms with E-state index in [4.69, 9.17) is 14.1 Å². The second kappa shape index (κ2) is 7.48. The van der Waals surface area contributed by atoms with E-state index >= 15 is 0 Å². The van der Waals surface area contributed by atoms with Crippen LogP contribution in [-0.2, 0) is 16.1 Å². The second-order valence-electron chi connectivity index (χ2n) is 6.44. The Morgan fingerprint density at radius 3 is 2.45 bits per heavy atom. The number of nitriles is 1. The lowest BCUT2D eigenvalue weighted by Crippen LogP contribution is -2.45. The van der Waals surface area contributed by atoms with Gasteiger partial charge in [0.2, 0.25) is 5.91 Å². The van der Waals surface area contributed by atoms with Crippen molar-refractivity contribution in [3.8, 4) is 6.07 Å². The smallest absolute Gasteiger partial charge is 0.290 e. The summed E-state index contributed by atoms with van der Waals surface area (Å²) < 4.78 is 10.5. The molecule has 8 nitrogen and oxygen atoms in total. The molecule has 2 aromatic heterocycles. The fourth-order valence-corrected chi connectivity index (χ4v) is 3.25. The van der Waals surface area contributed by atoms with Crippen molar-refractivity contribution in [2.45, 2.75) is 19.0 Å². The van der Waals surface area contributed by atoms with Gasteiger partial charge in [-0.1, -0.05) is 0 Å². The Hall–Kier alpha value is -4.12. The zero-order valence-corrected chi connectivity index (χ0v) is 15.1. The molecular formula is C21H15N3O5. The zero-order chi connectivity index (χ0) is 20.4. The van der Waals surface area contributed by atoms with E-state index in [1.807, 2.05) is 6.07 Å². The van der Waals surface area contributed by atoms with Crippen LogP contribution in [0.15, 0.2) is 69.9 Å². The van der Waals surface area contributed by atoms with E-state index in [2.05, 4.69) is 0 Å². The standard InChI is InChI=1S/C21H15N3O5/c22-12-14-5-7-15(8-6-14)24-19(25)11-17(20(24)26)23(13-16-3-1-9-28-16)21(27)18-4-2-10-29-18/h1-10,17H,11,13H2. The predicted molar refractivity (Wildman–Crippen MR) is 99.3 cm³/mol. The Balaban J connectivity index is 1.65. The number of anilines is 1. The van der Waals surface area contributed by atoms with Crippen LogP contribution in [0.4, 0.5) is 5.69 Å². The van der Waals surface area contributed by atoms with Crippen molar-refractivity contribution in [2.75, 3.05) is 4.90 Å². The summed E-state index contributed by atoms with van der Waals surface area (Å²) in [6, 6.07) is 13.5. The maximum Gasteiger partial charge on any atom is 0.290 e. The first-order valence-corrected chi connectivity index (χ1v) is 8.82. The van der Waals surface area contributed by atoms with Crippen LogP contribution in [0, 0.1) is 11.3 Å². The summed E-state index contributed by atoms with van der Waals surface area (Å²) in [4.78, 5) is 41.0. The van der Waals surface area contributed by atoms with Gasteiger partial charge in [0.1, 0.15) is 11.8 Å². The molecule has 3 amide bonds. The number of hydrogen-bond acceptors (Lipinski definition) is 6. The molecule has 1 atom stereocenters. The van der Waals surface area contributed by atoms with Gasteiger partial charge in [0.15, 0.2) is 5.76 Å². The maximum atomic E-state index is 13.1. The number of carbonyl (C=O) groups is 3. The summed E-state index contributed by atoms with van der Waals surface area (Å²) >= 11 is 0. The van der Waals surface area contributed by atoms with Crippen LogP contribution in [0.25, 0.3) is 0 Å². The third-order valence-electron chi connectivity index (χ3n) is 4.65. The normalized spacial score (nSPS) is 16.1. The monoisotopic (exact) mass is 389 g/mol. The number of benzene rings is 1. The van der Waals surface area contributed by atoms with Gasteiger partial charge in [-0.2, -0.15) is 5.26 Å². The summed E-state index contributed by atoms with van der Waals surface area (Å²) in [5, 5.41) is 8.93. The minimum absolute atomic E-state index is 0.0113. The number of imide groups is 1. The molecule has 3 aromatic rings. The molecule has 0 radical (unpaired) electrons. The van der Waals surface area contributed by atoms with Crippen molar-refractivity contribution < 1.29 is 23.2 Å². The highest BCUT2D eigenvalue weighted by molar-refractivity contribution is 6.23. The fourth-order valence-electron chi connectivity index (χ4n) is 3.25. The Kier molecular flexibility index (Phi) is 4.71. The van der Waals surface area contributed by atoms with E-state index in [1.165, 1.54) is 47.8 Å². The first-order valence-electron chi connectivity index (χ1n) is 8.82. The molecule has 1 aliphatic heterocycles. The van der Waals surface area contributed by atoms with Gasteiger partial charge >= 0.3 is 0 Å². The van der Waals surface area contributed by atoms with E-state index < -0.39 is 23.8 Å². The van der Waals surface area contributed by atoms with Crippen molar-refractivity contribution in [1.82, 2.24) is 4.90 Å². The minimum atomic E-state index is -0.999. The molecule has 1 saturated heterocycles. The lowest BCUT2D eigenvalue weighted by Gasteiger charge is -2.26. The number of carbonyl (C=O) groups excluding carboxylic acids is 3. The quantitative estimate of drug-likeness (QED) is 0.621. The van der Waals surface area contributed by atoms with E-state index in [9.17, 15) is 14.4 Å². The number of rotatable bonds is 5. The first kappa shape index (κ1) is 18.3. The van der Waals surface area contributed by atoms with Crippen LogP contribution in [0.5, 0.6) is 0 Å². The largest absolute Gasteiger partial charge is 0.467 e. The van der Waals surface area contributed by atoms with E-state index in [0.29, 0.717) is 17.0 Å². The molecule has 8 heteroatoms. The Morgan fingerprint density at radius 1 is 1.10 bits per heavy atom. The van der Waals surface area contributed by atoms with Gasteiger partial charge in [0, 0.05) is 0 Å². The van der Waals surface area contributed by atoms with Crippen LogP contribution >= 0.6 is 0 Å². The maximum absolute atomic E-state index is 13.1. The molecule has 0 bridgehead atoms. The summed E-state index contributed by atoms with van der Waals surface area (Å²) in [5.41, 5.74) is 0.765. The average molecular weight is 389 g/mol. The third-order valence-corrected chi connectivity index (χ3v) is 4.65. The van der Waals surface area contributed by atoms with Gasteiger partial charge in [-0.05, 0) is 48.5 Å². The Morgan fingerprint density at radius 2 is 1.83 bits per heavy atom. The van der Waals surface area contributed by atoms with Crippen LogP contribution in [0.3, 0.4) is 0 Å². The van der Waals surface area contributed by atoms with Gasteiger partial charge < -0.3 is 13.7 Å². The molecule has 1 aromatic carbocycles. The van der Waals surface area contributed by atoms with E-state index in [-0.39, 0.29) is 18.7 Å². The Labute approximate surface area is 165 Å². The third kappa shape index (κ3) is 3.41. The molecule has 1 fully saturated rings. The van der Waals surface area contributed by atoms with Crippen LogP contribution in [0.1, 0.15) is 28.3 Å². The van der Waals surface area contributed by atoms with Crippen LogP contribution in [0.2, 0.25) is 0 Å².